The Balaban J connectivity index is 1.95. The highest BCUT2D eigenvalue weighted by atomic mass is 35.5. The number of unbranched alkanes of at least 4 members (excludes halogenated alkanes) is 3. The lowest BCUT2D eigenvalue weighted by Crippen LogP contribution is -2.13. The molecule has 0 fully saturated rings. The molecule has 0 aliphatic rings. The fourth-order valence-electron chi connectivity index (χ4n) is 1.75. The number of nitrogens with one attached hydrogen (secondary N) is 2. The molecule has 0 aliphatic carbocycles. The molecule has 0 aromatic carbocycles. The van der Waals surface area contributed by atoms with Crippen LogP contribution in [0.3, 0.4) is 0 Å². The van der Waals surface area contributed by atoms with Crippen LogP contribution in [0.15, 0.2) is 6.33 Å². The van der Waals surface area contributed by atoms with E-state index < -0.39 is 0 Å². The molecule has 102 valence electrons. The minimum atomic E-state index is -0.0953. The fraction of sp³-hybridized carbons (Fsp3) is 0.500. The topological polar surface area (TPSA) is 83.6 Å². The normalized spacial score (nSPS) is 10.8. The number of rotatable bonds is 6. The summed E-state index contributed by atoms with van der Waals surface area (Å²) < 4.78 is 0. The first-order valence-corrected chi connectivity index (χ1v) is 6.75. The third-order valence-electron chi connectivity index (χ3n) is 2.75. The van der Waals surface area contributed by atoms with Crippen molar-refractivity contribution < 1.29 is 4.79 Å². The summed E-state index contributed by atoms with van der Waals surface area (Å²) in [6.45, 7) is 2.13. The van der Waals surface area contributed by atoms with Gasteiger partial charge in [0, 0.05) is 6.42 Å². The molecule has 0 aliphatic heterocycles. The van der Waals surface area contributed by atoms with Crippen LogP contribution in [-0.4, -0.2) is 25.8 Å². The highest BCUT2D eigenvalue weighted by molar-refractivity contribution is 6.33. The number of fused-ring (bicyclic) bond motifs is 1. The van der Waals surface area contributed by atoms with Crippen LogP contribution in [0.5, 0.6) is 0 Å². The first kappa shape index (κ1) is 13.7. The number of H-pyrrole nitrogens is 1. The summed E-state index contributed by atoms with van der Waals surface area (Å²) in [5.41, 5.74) is 1.02. The SMILES string of the molecule is CCCCCCC(=O)Nc1nc(Cl)c2[nH]cnc2n1. The monoisotopic (exact) mass is 281 g/mol. The van der Waals surface area contributed by atoms with Gasteiger partial charge in [0.15, 0.2) is 10.8 Å². The van der Waals surface area contributed by atoms with Crippen LogP contribution >= 0.6 is 11.6 Å². The second-order valence-corrected chi connectivity index (χ2v) is 4.66. The van der Waals surface area contributed by atoms with Gasteiger partial charge in [0.05, 0.1) is 6.33 Å². The van der Waals surface area contributed by atoms with Crippen LogP contribution in [0, 0.1) is 0 Å². The quantitative estimate of drug-likeness (QED) is 0.630. The Kier molecular flexibility index (Phi) is 4.68. The zero-order valence-electron chi connectivity index (χ0n) is 10.7. The molecule has 7 heteroatoms. The maximum Gasteiger partial charge on any atom is 0.233 e. The third-order valence-corrected chi connectivity index (χ3v) is 3.02. The van der Waals surface area contributed by atoms with Gasteiger partial charge in [0.2, 0.25) is 11.9 Å². The number of carbonyl (C=O) groups excluding carboxylic acids is 1. The summed E-state index contributed by atoms with van der Waals surface area (Å²) in [6, 6.07) is 0. The third kappa shape index (κ3) is 3.64. The molecular formula is C12H16ClN5O. The summed E-state index contributed by atoms with van der Waals surface area (Å²) in [5, 5.41) is 2.90. The smallest absolute Gasteiger partial charge is 0.233 e. The van der Waals surface area contributed by atoms with Crippen molar-refractivity contribution in [2.45, 2.75) is 39.0 Å². The maximum absolute atomic E-state index is 11.7. The number of hydrogen-bond donors (Lipinski definition) is 2. The lowest BCUT2D eigenvalue weighted by atomic mass is 10.1. The molecular weight excluding hydrogens is 266 g/mol. The molecule has 0 bridgehead atoms. The van der Waals surface area contributed by atoms with Crippen LogP contribution in [0.1, 0.15) is 39.0 Å². The average Bonchev–Trinajstić information content (AvgIpc) is 2.83. The van der Waals surface area contributed by atoms with Gasteiger partial charge in [-0.05, 0) is 6.42 Å². The lowest BCUT2D eigenvalue weighted by Gasteiger charge is -2.04. The van der Waals surface area contributed by atoms with Crippen molar-refractivity contribution >= 4 is 34.6 Å². The number of nitrogens with zero attached hydrogens (tertiary/aromatic N) is 3. The molecule has 0 radical (unpaired) electrons. The Hall–Kier alpha value is -1.69. The van der Waals surface area contributed by atoms with Crippen LogP contribution in [0.2, 0.25) is 5.15 Å². The first-order chi connectivity index (χ1) is 9.20. The largest absolute Gasteiger partial charge is 0.341 e. The molecule has 2 heterocycles. The number of hydrogen-bond acceptors (Lipinski definition) is 4. The predicted molar refractivity (Wildman–Crippen MR) is 74.1 cm³/mol. The van der Waals surface area contributed by atoms with E-state index in [1.807, 2.05) is 0 Å². The Labute approximate surface area is 116 Å². The molecule has 0 atom stereocenters. The van der Waals surface area contributed by atoms with Gasteiger partial charge in [-0.3, -0.25) is 10.1 Å². The number of aromatic nitrogens is 4. The summed E-state index contributed by atoms with van der Waals surface area (Å²) in [5.74, 6) is 0.104. The van der Waals surface area contributed by atoms with E-state index in [1.54, 1.807) is 0 Å². The van der Waals surface area contributed by atoms with Gasteiger partial charge in [-0.2, -0.15) is 9.97 Å². The molecule has 19 heavy (non-hydrogen) atoms. The standard InChI is InChI=1S/C12H16ClN5O/c1-2-3-4-5-6-8(19)16-12-17-10(13)9-11(18-12)15-7-14-9/h7H,2-6H2,1H3,(H2,14,15,16,17,18,19). The number of aromatic amines is 1. The molecule has 0 saturated carbocycles. The molecule has 2 aromatic rings. The molecule has 2 N–H and O–H groups in total. The van der Waals surface area contributed by atoms with Crippen molar-refractivity contribution in [2.24, 2.45) is 0 Å². The van der Waals surface area contributed by atoms with Gasteiger partial charge >= 0.3 is 0 Å². The van der Waals surface area contributed by atoms with Gasteiger partial charge in [-0.25, -0.2) is 4.98 Å². The van der Waals surface area contributed by atoms with Crippen molar-refractivity contribution in [3.05, 3.63) is 11.5 Å². The van der Waals surface area contributed by atoms with Crippen molar-refractivity contribution in [3.63, 3.8) is 0 Å². The lowest BCUT2D eigenvalue weighted by molar-refractivity contribution is -0.116. The summed E-state index contributed by atoms with van der Waals surface area (Å²) in [4.78, 5) is 26.6. The summed E-state index contributed by atoms with van der Waals surface area (Å²) >= 11 is 5.96. The van der Waals surface area contributed by atoms with E-state index in [0.29, 0.717) is 17.6 Å². The number of halogens is 1. The average molecular weight is 282 g/mol. The van der Waals surface area contributed by atoms with Gasteiger partial charge in [0.25, 0.3) is 0 Å². The van der Waals surface area contributed by atoms with Crippen molar-refractivity contribution in [1.29, 1.82) is 0 Å². The van der Waals surface area contributed by atoms with E-state index in [1.165, 1.54) is 6.33 Å². The molecule has 2 rings (SSSR count). The molecule has 0 spiro atoms. The van der Waals surface area contributed by atoms with E-state index in [9.17, 15) is 4.79 Å². The van der Waals surface area contributed by atoms with Gasteiger partial charge in [-0.1, -0.05) is 37.8 Å². The molecule has 6 nitrogen and oxygen atoms in total. The second-order valence-electron chi connectivity index (χ2n) is 4.30. The number of amides is 1. The highest BCUT2D eigenvalue weighted by Crippen LogP contribution is 2.18. The predicted octanol–water partition coefficient (Wildman–Crippen LogP) is 2.92. The highest BCUT2D eigenvalue weighted by Gasteiger charge is 2.10. The molecule has 2 aromatic heterocycles. The van der Waals surface area contributed by atoms with Crippen molar-refractivity contribution in [1.82, 2.24) is 19.9 Å². The van der Waals surface area contributed by atoms with E-state index >= 15 is 0 Å². The zero-order valence-corrected chi connectivity index (χ0v) is 11.5. The molecule has 0 saturated heterocycles. The van der Waals surface area contributed by atoms with Crippen molar-refractivity contribution in [2.75, 3.05) is 5.32 Å². The second kappa shape index (κ2) is 6.47. The minimum absolute atomic E-state index is 0.0953. The minimum Gasteiger partial charge on any atom is -0.341 e. The van der Waals surface area contributed by atoms with E-state index in [-0.39, 0.29) is 17.0 Å². The van der Waals surface area contributed by atoms with Crippen LogP contribution in [-0.2, 0) is 4.79 Å². The maximum atomic E-state index is 11.7. The summed E-state index contributed by atoms with van der Waals surface area (Å²) in [7, 11) is 0. The van der Waals surface area contributed by atoms with Crippen LogP contribution in [0.25, 0.3) is 11.2 Å². The fourth-order valence-corrected chi connectivity index (χ4v) is 1.97. The Morgan fingerprint density at radius 1 is 1.37 bits per heavy atom. The van der Waals surface area contributed by atoms with E-state index in [4.69, 9.17) is 11.6 Å². The van der Waals surface area contributed by atoms with Gasteiger partial charge in [0.1, 0.15) is 5.52 Å². The summed E-state index contributed by atoms with van der Waals surface area (Å²) in [6.07, 6.45) is 6.19. The number of carbonyl (C=O) groups is 1. The number of imidazole rings is 1. The zero-order chi connectivity index (χ0) is 13.7. The van der Waals surface area contributed by atoms with Crippen molar-refractivity contribution in [3.8, 4) is 0 Å². The van der Waals surface area contributed by atoms with Gasteiger partial charge < -0.3 is 4.98 Å². The molecule has 0 unspecified atom stereocenters. The molecule has 1 amide bonds. The van der Waals surface area contributed by atoms with E-state index in [2.05, 4.69) is 32.2 Å². The Bertz CT molecular complexity index is 568. The van der Waals surface area contributed by atoms with Crippen LogP contribution < -0.4 is 5.32 Å². The Morgan fingerprint density at radius 3 is 3.00 bits per heavy atom. The Morgan fingerprint density at radius 2 is 2.21 bits per heavy atom. The number of anilines is 1. The first-order valence-electron chi connectivity index (χ1n) is 6.37. The van der Waals surface area contributed by atoms with Crippen LogP contribution in [0.4, 0.5) is 5.95 Å². The van der Waals surface area contributed by atoms with E-state index in [0.717, 1.165) is 25.7 Å². The van der Waals surface area contributed by atoms with Gasteiger partial charge in [-0.15, -0.1) is 0 Å².